The van der Waals surface area contributed by atoms with Crippen LogP contribution in [0.3, 0.4) is 0 Å². The Labute approximate surface area is 173 Å². The van der Waals surface area contributed by atoms with Gasteiger partial charge in [0.25, 0.3) is 16.0 Å². The molecule has 1 aromatic rings. The summed E-state index contributed by atoms with van der Waals surface area (Å²) in [7, 11) is -3.76. The van der Waals surface area contributed by atoms with Crippen molar-refractivity contribution in [2.75, 3.05) is 12.9 Å². The van der Waals surface area contributed by atoms with Crippen LogP contribution in [0.2, 0.25) is 0 Å². The van der Waals surface area contributed by atoms with E-state index in [1.807, 2.05) is 13.0 Å². The molecule has 7 nitrogen and oxygen atoms in total. The molecule has 1 amide bonds. The molecule has 8 heteroatoms. The molecule has 162 valence electrons. The van der Waals surface area contributed by atoms with Gasteiger partial charge in [-0.15, -0.1) is 0 Å². The van der Waals surface area contributed by atoms with E-state index in [-0.39, 0.29) is 17.2 Å². The summed E-state index contributed by atoms with van der Waals surface area (Å²) < 4.78 is 41.4. The third kappa shape index (κ3) is 5.57. The van der Waals surface area contributed by atoms with Gasteiger partial charge in [0.2, 0.25) is 0 Å². The Kier molecular flexibility index (Phi) is 6.67. The van der Waals surface area contributed by atoms with Crippen molar-refractivity contribution in [1.29, 1.82) is 0 Å². The zero-order valence-electron chi connectivity index (χ0n) is 17.5. The van der Waals surface area contributed by atoms with Crippen molar-refractivity contribution in [2.24, 2.45) is 11.3 Å². The number of hydrogen-bond acceptors (Lipinski definition) is 6. The molecular formula is C21H31NO6S. The molecule has 0 radical (unpaired) electrons. The summed E-state index contributed by atoms with van der Waals surface area (Å²) in [4.78, 5) is 12.8. The van der Waals surface area contributed by atoms with Crippen molar-refractivity contribution in [3.8, 4) is 0 Å². The maximum Gasteiger partial charge on any atom is 0.264 e. The van der Waals surface area contributed by atoms with Gasteiger partial charge in [-0.05, 0) is 49.7 Å². The molecule has 0 bridgehead atoms. The Hall–Kier alpha value is -1.48. The fourth-order valence-corrected chi connectivity index (χ4v) is 5.06. The molecule has 1 saturated carbocycles. The topological polar surface area (TPSA) is 90.9 Å². The lowest BCUT2D eigenvalue weighted by atomic mass is 9.87. The maximum absolute atomic E-state index is 12.8. The van der Waals surface area contributed by atoms with Crippen molar-refractivity contribution >= 4 is 16.0 Å². The lowest BCUT2D eigenvalue weighted by Crippen LogP contribution is -2.50. The van der Waals surface area contributed by atoms with Crippen LogP contribution in [0.15, 0.2) is 30.3 Å². The standard InChI is InChI=1S/C21H31NO6S/c1-5-26-20-16(22-19(23)14-9-7-6-8-10-14)18(28-29(4,24)25)17(27-20)15-11-12-21(2,3)13-15/h6-10,15-18,20H,5,11-13H2,1-4H3,(H,22,23)/t15-,16-,17+,18+,20+/m1/s1. The second-order valence-electron chi connectivity index (χ2n) is 8.72. The average molecular weight is 426 g/mol. The minimum atomic E-state index is -3.76. The Morgan fingerprint density at radius 2 is 1.97 bits per heavy atom. The first-order chi connectivity index (χ1) is 13.6. The third-order valence-corrected chi connectivity index (χ3v) is 6.26. The number of carbonyl (C=O) groups excluding carboxylic acids is 1. The molecule has 5 atom stereocenters. The van der Waals surface area contributed by atoms with Crippen molar-refractivity contribution in [2.45, 2.75) is 64.6 Å². The van der Waals surface area contributed by atoms with E-state index in [2.05, 4.69) is 19.2 Å². The summed E-state index contributed by atoms with van der Waals surface area (Å²) in [5, 5.41) is 2.90. The normalized spacial score (nSPS) is 31.7. The first kappa shape index (κ1) is 22.2. The summed E-state index contributed by atoms with van der Waals surface area (Å²) >= 11 is 0. The molecule has 0 aromatic heterocycles. The van der Waals surface area contributed by atoms with Crippen LogP contribution < -0.4 is 5.32 Å². The van der Waals surface area contributed by atoms with Gasteiger partial charge in [0.05, 0.1) is 12.4 Å². The van der Waals surface area contributed by atoms with Crippen molar-refractivity contribution < 1.29 is 26.9 Å². The predicted molar refractivity (Wildman–Crippen MR) is 109 cm³/mol. The van der Waals surface area contributed by atoms with Gasteiger partial charge in [-0.3, -0.25) is 8.98 Å². The van der Waals surface area contributed by atoms with Gasteiger partial charge in [-0.1, -0.05) is 32.0 Å². The van der Waals surface area contributed by atoms with E-state index >= 15 is 0 Å². The van der Waals surface area contributed by atoms with Crippen LogP contribution in [0.4, 0.5) is 0 Å². The molecule has 1 heterocycles. The molecule has 29 heavy (non-hydrogen) atoms. The molecule has 1 aliphatic heterocycles. The van der Waals surface area contributed by atoms with E-state index in [1.54, 1.807) is 24.3 Å². The zero-order chi connectivity index (χ0) is 21.2. The van der Waals surface area contributed by atoms with Gasteiger partial charge in [-0.25, -0.2) is 0 Å². The van der Waals surface area contributed by atoms with Crippen molar-refractivity contribution in [3.63, 3.8) is 0 Å². The number of carbonyl (C=O) groups is 1. The van der Waals surface area contributed by atoms with E-state index in [0.717, 1.165) is 25.5 Å². The van der Waals surface area contributed by atoms with Crippen LogP contribution in [0.5, 0.6) is 0 Å². The Balaban J connectivity index is 1.87. The van der Waals surface area contributed by atoms with E-state index in [9.17, 15) is 13.2 Å². The molecule has 2 fully saturated rings. The quantitative estimate of drug-likeness (QED) is 0.676. The monoisotopic (exact) mass is 425 g/mol. The summed E-state index contributed by atoms with van der Waals surface area (Å²) in [5.41, 5.74) is 0.641. The Bertz CT molecular complexity index is 810. The van der Waals surface area contributed by atoms with E-state index < -0.39 is 34.7 Å². The summed E-state index contributed by atoms with van der Waals surface area (Å²) in [5.74, 6) is -0.184. The van der Waals surface area contributed by atoms with Crippen LogP contribution in [0.25, 0.3) is 0 Å². The molecular weight excluding hydrogens is 394 g/mol. The van der Waals surface area contributed by atoms with Crippen molar-refractivity contribution in [3.05, 3.63) is 35.9 Å². The highest BCUT2D eigenvalue weighted by atomic mass is 32.2. The molecule has 2 aliphatic rings. The smallest absolute Gasteiger partial charge is 0.264 e. The lowest BCUT2D eigenvalue weighted by molar-refractivity contribution is -0.148. The van der Waals surface area contributed by atoms with Gasteiger partial charge in [0, 0.05) is 12.2 Å². The van der Waals surface area contributed by atoms with Crippen LogP contribution in [0, 0.1) is 11.3 Å². The van der Waals surface area contributed by atoms with E-state index in [4.69, 9.17) is 13.7 Å². The fraction of sp³-hybridized carbons (Fsp3) is 0.667. The number of amides is 1. The fourth-order valence-electron chi connectivity index (χ4n) is 4.42. The minimum Gasteiger partial charge on any atom is -0.351 e. The van der Waals surface area contributed by atoms with Gasteiger partial charge in [0.1, 0.15) is 12.1 Å². The minimum absolute atomic E-state index is 0.137. The molecule has 1 aromatic carbocycles. The molecule has 0 unspecified atom stereocenters. The highest BCUT2D eigenvalue weighted by Crippen LogP contribution is 2.46. The van der Waals surface area contributed by atoms with Crippen LogP contribution >= 0.6 is 0 Å². The third-order valence-electron chi connectivity index (χ3n) is 5.68. The average Bonchev–Trinajstić information content (AvgIpc) is 3.15. The molecule has 1 N–H and O–H groups in total. The summed E-state index contributed by atoms with van der Waals surface area (Å²) in [6, 6.07) is 8.04. The zero-order valence-corrected chi connectivity index (χ0v) is 18.3. The highest BCUT2D eigenvalue weighted by molar-refractivity contribution is 7.86. The van der Waals surface area contributed by atoms with Gasteiger partial charge < -0.3 is 14.8 Å². The lowest BCUT2D eigenvalue weighted by Gasteiger charge is -2.27. The van der Waals surface area contributed by atoms with E-state index in [1.165, 1.54) is 0 Å². The number of benzene rings is 1. The van der Waals surface area contributed by atoms with Crippen LogP contribution in [-0.4, -0.2) is 51.7 Å². The van der Waals surface area contributed by atoms with Crippen LogP contribution in [-0.2, 0) is 23.8 Å². The first-order valence-electron chi connectivity index (χ1n) is 10.1. The first-order valence-corrected chi connectivity index (χ1v) is 11.9. The molecule has 1 aliphatic carbocycles. The van der Waals surface area contributed by atoms with Gasteiger partial charge >= 0.3 is 0 Å². The van der Waals surface area contributed by atoms with Gasteiger partial charge in [0.15, 0.2) is 6.29 Å². The summed E-state index contributed by atoms with van der Waals surface area (Å²) in [6.07, 6.45) is 1.79. The number of hydrogen-bond donors (Lipinski definition) is 1. The maximum atomic E-state index is 12.8. The number of nitrogens with one attached hydrogen (secondary N) is 1. The molecule has 0 spiro atoms. The number of rotatable bonds is 7. The SMILES string of the molecule is CCO[C@H]1O[C@@H]([C@@H]2CCC(C)(C)C2)[C@@H](OS(C)(=O)=O)[C@H]1NC(=O)c1ccccc1. The largest absolute Gasteiger partial charge is 0.351 e. The Morgan fingerprint density at radius 1 is 1.28 bits per heavy atom. The second kappa shape index (κ2) is 8.71. The van der Waals surface area contributed by atoms with Crippen LogP contribution in [0.1, 0.15) is 50.4 Å². The van der Waals surface area contributed by atoms with Gasteiger partial charge in [-0.2, -0.15) is 8.42 Å². The van der Waals surface area contributed by atoms with Crippen molar-refractivity contribution in [1.82, 2.24) is 5.32 Å². The van der Waals surface area contributed by atoms with E-state index in [0.29, 0.717) is 12.2 Å². The molecule has 3 rings (SSSR count). The summed E-state index contributed by atoms with van der Waals surface area (Å²) in [6.45, 7) is 6.60. The highest BCUT2D eigenvalue weighted by Gasteiger charge is 2.53. The Morgan fingerprint density at radius 3 is 2.52 bits per heavy atom. The number of ether oxygens (including phenoxy) is 2. The molecule has 1 saturated heterocycles. The second-order valence-corrected chi connectivity index (χ2v) is 10.3. The predicted octanol–water partition coefficient (Wildman–Crippen LogP) is 2.72.